The van der Waals surface area contributed by atoms with Gasteiger partial charge in [0.2, 0.25) is 0 Å². The lowest BCUT2D eigenvalue weighted by Crippen LogP contribution is -2.34. The Morgan fingerprint density at radius 2 is 2.24 bits per heavy atom. The number of nitrogens with two attached hydrogens (primary N) is 1. The van der Waals surface area contributed by atoms with E-state index in [4.69, 9.17) is 5.73 Å². The van der Waals surface area contributed by atoms with Gasteiger partial charge in [-0.3, -0.25) is 9.78 Å². The summed E-state index contributed by atoms with van der Waals surface area (Å²) in [6.45, 7) is 7.42. The van der Waals surface area contributed by atoms with Crippen molar-refractivity contribution >= 4 is 5.91 Å². The largest absolute Gasteiger partial charge is 0.350 e. The molecule has 94 valence electrons. The van der Waals surface area contributed by atoms with E-state index in [1.54, 1.807) is 12.3 Å². The lowest BCUT2D eigenvalue weighted by molar-refractivity contribution is 0.0930. The molecular formula is C13H21N3O. The molecule has 4 nitrogen and oxygen atoms in total. The van der Waals surface area contributed by atoms with E-state index in [0.29, 0.717) is 18.8 Å². The predicted molar refractivity (Wildman–Crippen MR) is 68.5 cm³/mol. The maximum Gasteiger partial charge on any atom is 0.269 e. The van der Waals surface area contributed by atoms with Gasteiger partial charge in [-0.25, -0.2) is 0 Å². The first kappa shape index (κ1) is 13.6. The van der Waals surface area contributed by atoms with Gasteiger partial charge in [-0.1, -0.05) is 20.8 Å². The molecule has 4 heteroatoms. The second kappa shape index (κ2) is 5.77. The zero-order valence-electron chi connectivity index (χ0n) is 10.8. The summed E-state index contributed by atoms with van der Waals surface area (Å²) in [5.41, 5.74) is 6.98. The summed E-state index contributed by atoms with van der Waals surface area (Å²) < 4.78 is 0. The van der Waals surface area contributed by atoms with Gasteiger partial charge >= 0.3 is 0 Å². The molecule has 0 aromatic carbocycles. The number of rotatable bonds is 5. The van der Waals surface area contributed by atoms with Crippen molar-refractivity contribution in [2.24, 2.45) is 11.1 Å². The van der Waals surface area contributed by atoms with E-state index >= 15 is 0 Å². The Kier molecular flexibility index (Phi) is 4.63. The molecule has 1 heterocycles. The van der Waals surface area contributed by atoms with E-state index in [2.05, 4.69) is 31.1 Å². The lowest BCUT2D eigenvalue weighted by atomic mass is 9.90. The minimum absolute atomic E-state index is 0.112. The average Bonchev–Trinajstić information content (AvgIpc) is 2.36. The molecule has 0 bridgehead atoms. The number of hydrogen-bond donors (Lipinski definition) is 2. The Morgan fingerprint density at radius 3 is 2.82 bits per heavy atom. The minimum Gasteiger partial charge on any atom is -0.350 e. The van der Waals surface area contributed by atoms with Crippen LogP contribution in [0.15, 0.2) is 18.3 Å². The third-order valence-electron chi connectivity index (χ3n) is 2.98. The molecule has 0 aliphatic rings. The molecule has 0 saturated carbocycles. The monoisotopic (exact) mass is 235 g/mol. The normalized spacial score (nSPS) is 11.3. The quantitative estimate of drug-likeness (QED) is 0.816. The topological polar surface area (TPSA) is 68.0 Å². The summed E-state index contributed by atoms with van der Waals surface area (Å²) >= 11 is 0. The van der Waals surface area contributed by atoms with Crippen LogP contribution in [0, 0.1) is 5.41 Å². The van der Waals surface area contributed by atoms with Crippen LogP contribution < -0.4 is 11.1 Å². The predicted octanol–water partition coefficient (Wildman–Crippen LogP) is 1.71. The zero-order chi connectivity index (χ0) is 12.9. The highest BCUT2D eigenvalue weighted by atomic mass is 16.1. The van der Waals surface area contributed by atoms with Gasteiger partial charge in [-0.15, -0.1) is 0 Å². The molecule has 0 unspecified atom stereocenters. The van der Waals surface area contributed by atoms with Crippen molar-refractivity contribution in [1.82, 2.24) is 10.3 Å². The van der Waals surface area contributed by atoms with Gasteiger partial charge in [0, 0.05) is 19.3 Å². The number of nitrogens with zero attached hydrogens (tertiary/aromatic N) is 1. The van der Waals surface area contributed by atoms with Crippen LogP contribution in [0.2, 0.25) is 0 Å². The smallest absolute Gasteiger partial charge is 0.269 e. The van der Waals surface area contributed by atoms with Gasteiger partial charge in [0.05, 0.1) is 0 Å². The molecule has 17 heavy (non-hydrogen) atoms. The van der Waals surface area contributed by atoms with Crippen LogP contribution >= 0.6 is 0 Å². The number of pyridine rings is 1. The van der Waals surface area contributed by atoms with Crippen LogP contribution in [-0.4, -0.2) is 17.4 Å². The molecule has 0 atom stereocenters. The van der Waals surface area contributed by atoms with Crippen LogP contribution in [0.3, 0.4) is 0 Å². The van der Waals surface area contributed by atoms with Gasteiger partial charge < -0.3 is 11.1 Å². The highest BCUT2D eigenvalue weighted by Crippen LogP contribution is 2.17. The maximum atomic E-state index is 11.9. The molecule has 0 aliphatic heterocycles. The number of hydrogen-bond acceptors (Lipinski definition) is 3. The zero-order valence-corrected chi connectivity index (χ0v) is 10.8. The first-order chi connectivity index (χ1) is 7.98. The number of amides is 1. The summed E-state index contributed by atoms with van der Waals surface area (Å²) in [5.74, 6) is -0.137. The van der Waals surface area contributed by atoms with Gasteiger partial charge in [-0.05, 0) is 29.5 Å². The van der Waals surface area contributed by atoms with E-state index < -0.39 is 0 Å². The van der Waals surface area contributed by atoms with Crippen molar-refractivity contribution in [2.45, 2.75) is 33.7 Å². The van der Waals surface area contributed by atoms with Gasteiger partial charge in [0.25, 0.3) is 5.91 Å². The van der Waals surface area contributed by atoms with Crippen LogP contribution in [0.5, 0.6) is 0 Å². The molecule has 1 aromatic rings. The molecule has 1 rings (SSSR count). The Labute approximate surface area is 103 Å². The molecule has 0 fully saturated rings. The average molecular weight is 235 g/mol. The fraction of sp³-hybridized carbons (Fsp3) is 0.538. The Morgan fingerprint density at radius 1 is 1.53 bits per heavy atom. The summed E-state index contributed by atoms with van der Waals surface area (Å²) in [5, 5.41) is 2.90. The van der Waals surface area contributed by atoms with Crippen LogP contribution in [0.25, 0.3) is 0 Å². The molecule has 0 radical (unpaired) electrons. The third kappa shape index (κ3) is 4.15. The number of carbonyl (C=O) groups excluding carboxylic acids is 1. The molecular weight excluding hydrogens is 214 g/mol. The van der Waals surface area contributed by atoms with E-state index in [1.807, 2.05) is 6.07 Å². The summed E-state index contributed by atoms with van der Waals surface area (Å²) in [6, 6.07) is 3.54. The highest BCUT2D eigenvalue weighted by molar-refractivity contribution is 5.92. The molecule has 3 N–H and O–H groups in total. The second-order valence-corrected chi connectivity index (χ2v) is 4.95. The maximum absolute atomic E-state index is 11.9. The van der Waals surface area contributed by atoms with Crippen molar-refractivity contribution in [2.75, 3.05) is 6.54 Å². The van der Waals surface area contributed by atoms with E-state index in [1.165, 1.54) is 0 Å². The van der Waals surface area contributed by atoms with Gasteiger partial charge in [0.15, 0.2) is 0 Å². The Bertz CT molecular complexity index is 388. The van der Waals surface area contributed by atoms with Crippen LogP contribution in [0.4, 0.5) is 0 Å². The fourth-order valence-electron chi connectivity index (χ4n) is 1.26. The number of carbonyl (C=O) groups is 1. The standard InChI is InChI=1S/C13H21N3O/c1-4-13(2,3)9-16-12(17)11-7-10(8-14)5-6-15-11/h5-7H,4,8-9,14H2,1-3H3,(H,16,17). The van der Waals surface area contributed by atoms with Crippen molar-refractivity contribution in [3.8, 4) is 0 Å². The van der Waals surface area contributed by atoms with Crippen molar-refractivity contribution < 1.29 is 4.79 Å². The number of aromatic nitrogens is 1. The summed E-state index contributed by atoms with van der Waals surface area (Å²) in [7, 11) is 0. The molecule has 0 saturated heterocycles. The fourth-order valence-corrected chi connectivity index (χ4v) is 1.26. The van der Waals surface area contributed by atoms with Gasteiger partial charge in [-0.2, -0.15) is 0 Å². The van der Waals surface area contributed by atoms with E-state index in [-0.39, 0.29) is 11.3 Å². The molecule has 1 amide bonds. The van der Waals surface area contributed by atoms with Crippen molar-refractivity contribution in [3.05, 3.63) is 29.6 Å². The van der Waals surface area contributed by atoms with Gasteiger partial charge in [0.1, 0.15) is 5.69 Å². The molecule has 0 spiro atoms. The molecule has 0 aliphatic carbocycles. The van der Waals surface area contributed by atoms with E-state index in [9.17, 15) is 4.79 Å². The summed E-state index contributed by atoms with van der Waals surface area (Å²) in [4.78, 5) is 15.9. The Hall–Kier alpha value is -1.42. The molecule has 1 aromatic heterocycles. The van der Waals surface area contributed by atoms with E-state index in [0.717, 1.165) is 12.0 Å². The van der Waals surface area contributed by atoms with Crippen molar-refractivity contribution in [3.63, 3.8) is 0 Å². The summed E-state index contributed by atoms with van der Waals surface area (Å²) in [6.07, 6.45) is 2.63. The van der Waals surface area contributed by atoms with Crippen molar-refractivity contribution in [1.29, 1.82) is 0 Å². The van der Waals surface area contributed by atoms with Crippen LogP contribution in [-0.2, 0) is 6.54 Å². The first-order valence-electron chi connectivity index (χ1n) is 5.91. The SMILES string of the molecule is CCC(C)(C)CNC(=O)c1cc(CN)ccn1. The lowest BCUT2D eigenvalue weighted by Gasteiger charge is -2.22. The highest BCUT2D eigenvalue weighted by Gasteiger charge is 2.17. The minimum atomic E-state index is -0.137. The third-order valence-corrected chi connectivity index (χ3v) is 2.98. The van der Waals surface area contributed by atoms with Crippen LogP contribution in [0.1, 0.15) is 43.2 Å². The second-order valence-electron chi connectivity index (χ2n) is 4.95. The Balaban J connectivity index is 2.64. The first-order valence-corrected chi connectivity index (χ1v) is 5.91. The number of nitrogens with one attached hydrogen (secondary N) is 1.